The molecule has 1 saturated heterocycles. The van der Waals surface area contributed by atoms with E-state index in [4.69, 9.17) is 26.1 Å². The van der Waals surface area contributed by atoms with Crippen molar-refractivity contribution in [3.63, 3.8) is 0 Å². The fourth-order valence-electron chi connectivity index (χ4n) is 2.49. The molecule has 3 rings (SSSR count). The number of aromatic amines is 1. The molecule has 0 spiro atoms. The molecule has 1 fully saturated rings. The molecule has 1 unspecified atom stereocenters. The number of aliphatic hydroxyl groups excluding tert-OH is 2. The Bertz CT molecular complexity index is 881. The van der Waals surface area contributed by atoms with Gasteiger partial charge in [0.25, 0.3) is 5.56 Å². The van der Waals surface area contributed by atoms with Crippen LogP contribution in [0.4, 0.5) is 0 Å². The highest BCUT2D eigenvalue weighted by Gasteiger charge is 2.45. The highest BCUT2D eigenvalue weighted by Crippen LogP contribution is 2.38. The maximum atomic E-state index is 11.9. The predicted molar refractivity (Wildman–Crippen MR) is 81.6 cm³/mol. The van der Waals surface area contributed by atoms with Gasteiger partial charge in [-0.05, 0) is 0 Å². The van der Waals surface area contributed by atoms with Gasteiger partial charge in [0.1, 0.15) is 24.1 Å². The number of rotatable bonds is 5. The monoisotopic (exact) mass is 396 g/mol. The van der Waals surface area contributed by atoms with E-state index in [0.29, 0.717) is 0 Å². The molecule has 1 aliphatic heterocycles. The number of halogens is 1. The summed E-state index contributed by atoms with van der Waals surface area (Å²) in [7, 11) is -4.76. The van der Waals surface area contributed by atoms with Gasteiger partial charge in [-0.1, -0.05) is 0 Å². The molecular formula is C11H14ClN4O8P. The summed E-state index contributed by atoms with van der Waals surface area (Å²) in [6, 6.07) is 0. The molecule has 0 saturated carbocycles. The van der Waals surface area contributed by atoms with Crippen molar-refractivity contribution in [2.24, 2.45) is 0 Å². The number of phosphoric ester groups is 1. The van der Waals surface area contributed by atoms with E-state index in [1.54, 1.807) is 0 Å². The van der Waals surface area contributed by atoms with Crippen molar-refractivity contribution < 1.29 is 33.8 Å². The summed E-state index contributed by atoms with van der Waals surface area (Å²) in [6.07, 6.45) is -4.16. The lowest BCUT2D eigenvalue weighted by Crippen LogP contribution is -2.33. The van der Waals surface area contributed by atoms with Gasteiger partial charge in [0.2, 0.25) is 0 Å². The van der Waals surface area contributed by atoms with Crippen molar-refractivity contribution in [3.05, 3.63) is 22.5 Å². The molecule has 0 amide bonds. The molecule has 4 atom stereocenters. The molecule has 12 nitrogen and oxygen atoms in total. The number of aliphatic hydroxyl groups is 2. The number of phosphoric acid groups is 1. The maximum Gasteiger partial charge on any atom is 0.469 e. The first-order valence-electron chi connectivity index (χ1n) is 6.94. The zero-order valence-corrected chi connectivity index (χ0v) is 14.0. The molecule has 0 radical (unpaired) electrons. The molecular weight excluding hydrogens is 383 g/mol. The summed E-state index contributed by atoms with van der Waals surface area (Å²) in [5.41, 5.74) is -0.477. The van der Waals surface area contributed by atoms with Crippen molar-refractivity contribution in [2.45, 2.75) is 30.4 Å². The first kappa shape index (κ1) is 18.4. The highest BCUT2D eigenvalue weighted by molar-refractivity contribution is 7.46. The number of aromatic nitrogens is 4. The number of hydrogen-bond donors (Lipinski definition) is 5. The normalized spacial score (nSPS) is 27.2. The van der Waals surface area contributed by atoms with E-state index in [1.807, 2.05) is 0 Å². The van der Waals surface area contributed by atoms with Crippen LogP contribution in [0.1, 0.15) is 12.1 Å². The quantitative estimate of drug-likeness (QED) is 0.297. The highest BCUT2D eigenvalue weighted by atomic mass is 35.5. The van der Waals surface area contributed by atoms with Crippen LogP contribution in [-0.4, -0.2) is 64.4 Å². The number of alkyl halides is 1. The molecule has 0 aliphatic carbocycles. The molecule has 1 aliphatic rings. The molecule has 14 heteroatoms. The first-order valence-corrected chi connectivity index (χ1v) is 9.01. The van der Waals surface area contributed by atoms with Crippen molar-refractivity contribution >= 4 is 30.6 Å². The van der Waals surface area contributed by atoms with E-state index in [-0.39, 0.29) is 22.9 Å². The lowest BCUT2D eigenvalue weighted by molar-refractivity contribution is -0.0504. The Labute approximate surface area is 144 Å². The van der Waals surface area contributed by atoms with Gasteiger partial charge >= 0.3 is 7.82 Å². The Hall–Kier alpha value is -1.37. The lowest BCUT2D eigenvalue weighted by Gasteiger charge is -2.16. The summed E-state index contributed by atoms with van der Waals surface area (Å²) >= 11 is 5.66. The molecule has 2 aromatic heterocycles. The van der Waals surface area contributed by atoms with Crippen LogP contribution in [0, 0.1) is 0 Å². The number of H-pyrrole nitrogens is 1. The Morgan fingerprint density at radius 2 is 2.12 bits per heavy atom. The van der Waals surface area contributed by atoms with E-state index in [1.165, 1.54) is 10.9 Å². The van der Waals surface area contributed by atoms with E-state index in [2.05, 4.69) is 19.5 Å². The second kappa shape index (κ2) is 6.74. The minimum absolute atomic E-state index is 0.0194. The third-order valence-corrected chi connectivity index (χ3v) is 4.36. The number of hydrogen-bond acceptors (Lipinski definition) is 8. The van der Waals surface area contributed by atoms with Crippen LogP contribution in [0.15, 0.2) is 11.1 Å². The fraction of sp³-hybridized carbons (Fsp3) is 0.545. The predicted octanol–water partition coefficient (Wildman–Crippen LogP) is -1.41. The van der Waals surface area contributed by atoms with Gasteiger partial charge in [-0.15, -0.1) is 11.6 Å². The van der Waals surface area contributed by atoms with Gasteiger partial charge < -0.3 is 29.7 Å². The maximum absolute atomic E-state index is 11.9. The van der Waals surface area contributed by atoms with Gasteiger partial charge in [-0.3, -0.25) is 13.9 Å². The summed E-state index contributed by atoms with van der Waals surface area (Å²) in [6.45, 7) is -0.646. The van der Waals surface area contributed by atoms with Crippen molar-refractivity contribution in [1.82, 2.24) is 19.5 Å². The first-order chi connectivity index (χ1) is 11.7. The van der Waals surface area contributed by atoms with Crippen molar-refractivity contribution in [3.8, 4) is 0 Å². The van der Waals surface area contributed by atoms with Crippen LogP contribution in [0.25, 0.3) is 11.2 Å². The zero-order chi connectivity index (χ0) is 18.4. The molecule has 25 heavy (non-hydrogen) atoms. The van der Waals surface area contributed by atoms with Gasteiger partial charge in [-0.2, -0.15) is 0 Å². The Morgan fingerprint density at radius 3 is 2.76 bits per heavy atom. The number of nitrogens with one attached hydrogen (secondary N) is 1. The standard InChI is InChI=1S/C11H14ClN4O8P/c12-1-5-14-9-6(10(19)15-5)13-3-16(9)11-8(18)7(17)4(24-11)2-23-25(20,21)22/h3-4,7-8,11,17-18H,1-2H2,(H,14,15,19)(H2,20,21,22)/t4-,7-,8-,11?/m0/s1. The molecule has 0 aromatic carbocycles. The minimum atomic E-state index is -4.76. The lowest BCUT2D eigenvalue weighted by atomic mass is 10.1. The van der Waals surface area contributed by atoms with Crippen LogP contribution in [0.2, 0.25) is 0 Å². The topological polar surface area (TPSA) is 180 Å². The summed E-state index contributed by atoms with van der Waals surface area (Å²) in [5, 5.41) is 20.2. The van der Waals surface area contributed by atoms with Crippen LogP contribution >= 0.6 is 19.4 Å². The fourth-order valence-corrected chi connectivity index (χ4v) is 2.96. The number of ether oxygens (including phenoxy) is 1. The van der Waals surface area contributed by atoms with E-state index >= 15 is 0 Å². The second-order valence-corrected chi connectivity index (χ2v) is 6.81. The van der Waals surface area contributed by atoms with Crippen LogP contribution in [0.3, 0.4) is 0 Å². The van der Waals surface area contributed by atoms with E-state index < -0.39 is 44.5 Å². The summed E-state index contributed by atoms with van der Waals surface area (Å²) in [4.78, 5) is 39.8. The van der Waals surface area contributed by atoms with Gasteiger partial charge in [0, 0.05) is 0 Å². The largest absolute Gasteiger partial charge is 0.469 e. The number of imidazole rings is 1. The Morgan fingerprint density at radius 1 is 1.40 bits per heavy atom. The number of fused-ring (bicyclic) bond motifs is 1. The molecule has 2 aromatic rings. The summed E-state index contributed by atoms with van der Waals surface area (Å²) in [5.74, 6) is 0.113. The van der Waals surface area contributed by atoms with Crippen LogP contribution in [0.5, 0.6) is 0 Å². The van der Waals surface area contributed by atoms with E-state index in [9.17, 15) is 19.6 Å². The van der Waals surface area contributed by atoms with E-state index in [0.717, 1.165) is 0 Å². The van der Waals surface area contributed by atoms with Gasteiger partial charge in [0.15, 0.2) is 17.4 Å². The Kier molecular flexibility index (Phi) is 4.97. The Balaban J connectivity index is 1.91. The molecule has 138 valence electrons. The molecule has 5 N–H and O–H groups in total. The van der Waals surface area contributed by atoms with Gasteiger partial charge in [-0.25, -0.2) is 14.5 Å². The average Bonchev–Trinajstić information content (AvgIpc) is 3.08. The third-order valence-electron chi connectivity index (χ3n) is 3.63. The smallest absolute Gasteiger partial charge is 0.387 e. The van der Waals surface area contributed by atoms with Crippen molar-refractivity contribution in [1.29, 1.82) is 0 Å². The van der Waals surface area contributed by atoms with Crippen LogP contribution in [-0.2, 0) is 19.7 Å². The van der Waals surface area contributed by atoms with Crippen LogP contribution < -0.4 is 5.56 Å². The summed E-state index contributed by atoms with van der Waals surface area (Å²) < 4.78 is 21.7. The average molecular weight is 397 g/mol. The van der Waals surface area contributed by atoms with Crippen molar-refractivity contribution in [2.75, 3.05) is 6.61 Å². The second-order valence-electron chi connectivity index (χ2n) is 5.30. The third kappa shape index (κ3) is 3.61. The molecule has 3 heterocycles. The van der Waals surface area contributed by atoms with Gasteiger partial charge in [0.05, 0.1) is 18.8 Å². The molecule has 0 bridgehead atoms. The zero-order valence-electron chi connectivity index (χ0n) is 12.4. The number of nitrogens with zero attached hydrogens (tertiary/aromatic N) is 3. The SMILES string of the molecule is O=c1[nH]c(CCl)nc2c1ncn2C1O[C@@H](COP(=O)(O)O)[C@H](O)[C@@H]1O. The minimum Gasteiger partial charge on any atom is -0.387 e.